The highest BCUT2D eigenvalue weighted by Crippen LogP contribution is 2.17. The monoisotopic (exact) mass is 319 g/mol. The van der Waals surface area contributed by atoms with Crippen LogP contribution in [0, 0.1) is 0 Å². The first-order chi connectivity index (χ1) is 11.0. The van der Waals surface area contributed by atoms with Gasteiger partial charge in [0.05, 0.1) is 0 Å². The van der Waals surface area contributed by atoms with Crippen molar-refractivity contribution in [1.82, 2.24) is 10.2 Å². The number of anilines is 1. The number of hydrogen-bond acceptors (Lipinski definition) is 4. The van der Waals surface area contributed by atoms with Gasteiger partial charge < -0.3 is 20.2 Å². The van der Waals surface area contributed by atoms with Gasteiger partial charge in [-0.25, -0.2) is 0 Å². The van der Waals surface area contributed by atoms with Crippen molar-refractivity contribution in [3.05, 3.63) is 24.3 Å². The van der Waals surface area contributed by atoms with E-state index in [2.05, 4.69) is 5.32 Å². The minimum Gasteiger partial charge on any atom is -0.508 e. The van der Waals surface area contributed by atoms with Crippen LogP contribution >= 0.6 is 0 Å². The molecule has 0 saturated carbocycles. The Morgan fingerprint density at radius 2 is 2.00 bits per heavy atom. The first kappa shape index (κ1) is 16.8. The van der Waals surface area contributed by atoms with Crippen LogP contribution in [0.3, 0.4) is 0 Å². The SMILES string of the molecule is CN(C(=O)C(=O)NCCCN1CCCC1=O)c1ccc(O)cc1. The Kier molecular flexibility index (Phi) is 5.56. The molecular weight excluding hydrogens is 298 g/mol. The highest BCUT2D eigenvalue weighted by atomic mass is 16.3. The lowest BCUT2D eigenvalue weighted by atomic mass is 10.2. The smallest absolute Gasteiger partial charge is 0.316 e. The molecule has 23 heavy (non-hydrogen) atoms. The molecule has 1 aliphatic heterocycles. The van der Waals surface area contributed by atoms with Crippen LogP contribution in [0.1, 0.15) is 19.3 Å². The second-order valence-electron chi connectivity index (χ2n) is 5.47. The van der Waals surface area contributed by atoms with E-state index in [1.165, 1.54) is 24.1 Å². The van der Waals surface area contributed by atoms with Crippen LogP contribution < -0.4 is 10.2 Å². The van der Waals surface area contributed by atoms with E-state index in [1.54, 1.807) is 17.0 Å². The molecule has 1 aliphatic rings. The summed E-state index contributed by atoms with van der Waals surface area (Å²) in [5.41, 5.74) is 0.519. The summed E-state index contributed by atoms with van der Waals surface area (Å²) in [4.78, 5) is 38.3. The summed E-state index contributed by atoms with van der Waals surface area (Å²) in [6.45, 7) is 1.72. The molecule has 1 heterocycles. The molecule has 2 rings (SSSR count). The fourth-order valence-corrected chi connectivity index (χ4v) is 2.43. The van der Waals surface area contributed by atoms with Crippen molar-refractivity contribution in [2.45, 2.75) is 19.3 Å². The van der Waals surface area contributed by atoms with E-state index in [1.807, 2.05) is 0 Å². The number of aromatic hydroxyl groups is 1. The zero-order valence-corrected chi connectivity index (χ0v) is 13.1. The molecule has 0 aromatic heterocycles. The number of phenolic OH excluding ortho intramolecular Hbond substituents is 1. The quantitative estimate of drug-likeness (QED) is 0.610. The highest BCUT2D eigenvalue weighted by Gasteiger charge is 2.21. The number of carbonyl (C=O) groups is 3. The van der Waals surface area contributed by atoms with Gasteiger partial charge >= 0.3 is 11.8 Å². The first-order valence-corrected chi connectivity index (χ1v) is 7.61. The van der Waals surface area contributed by atoms with E-state index < -0.39 is 11.8 Å². The third kappa shape index (κ3) is 4.45. The predicted octanol–water partition coefficient (Wildman–Crippen LogP) is 0.484. The molecule has 0 unspecified atom stereocenters. The fraction of sp³-hybridized carbons (Fsp3) is 0.438. The van der Waals surface area contributed by atoms with Crippen molar-refractivity contribution in [2.75, 3.05) is 31.6 Å². The summed E-state index contributed by atoms with van der Waals surface area (Å²) >= 11 is 0. The topological polar surface area (TPSA) is 90.0 Å². The fourth-order valence-electron chi connectivity index (χ4n) is 2.43. The van der Waals surface area contributed by atoms with Crippen molar-refractivity contribution >= 4 is 23.4 Å². The van der Waals surface area contributed by atoms with Gasteiger partial charge in [0.1, 0.15) is 5.75 Å². The van der Waals surface area contributed by atoms with E-state index in [0.29, 0.717) is 31.6 Å². The summed E-state index contributed by atoms with van der Waals surface area (Å²) in [7, 11) is 1.50. The predicted molar refractivity (Wildman–Crippen MR) is 85.0 cm³/mol. The summed E-state index contributed by atoms with van der Waals surface area (Å²) in [5.74, 6) is -1.11. The van der Waals surface area contributed by atoms with Gasteiger partial charge in [-0.2, -0.15) is 0 Å². The van der Waals surface area contributed by atoms with Crippen molar-refractivity contribution in [1.29, 1.82) is 0 Å². The number of phenols is 1. The van der Waals surface area contributed by atoms with Crippen LogP contribution in [0.2, 0.25) is 0 Å². The molecule has 7 nitrogen and oxygen atoms in total. The van der Waals surface area contributed by atoms with Crippen LogP contribution in [0.15, 0.2) is 24.3 Å². The number of nitrogens with one attached hydrogen (secondary N) is 1. The number of carbonyl (C=O) groups excluding carboxylic acids is 3. The first-order valence-electron chi connectivity index (χ1n) is 7.61. The van der Waals surface area contributed by atoms with E-state index in [0.717, 1.165) is 13.0 Å². The zero-order valence-electron chi connectivity index (χ0n) is 13.1. The molecule has 3 amide bonds. The molecule has 0 spiro atoms. The summed E-state index contributed by atoms with van der Waals surface area (Å²) in [6.07, 6.45) is 2.11. The van der Waals surface area contributed by atoms with Crippen molar-refractivity contribution in [3.8, 4) is 5.75 Å². The van der Waals surface area contributed by atoms with Crippen LogP contribution in [-0.4, -0.2) is 54.4 Å². The Labute approximate surface area is 134 Å². The summed E-state index contributed by atoms with van der Waals surface area (Å²) < 4.78 is 0. The molecule has 1 aromatic rings. The number of amides is 3. The van der Waals surface area contributed by atoms with Crippen molar-refractivity contribution in [2.24, 2.45) is 0 Å². The molecular formula is C16H21N3O4. The maximum atomic E-state index is 12.0. The Morgan fingerprint density at radius 1 is 1.30 bits per heavy atom. The molecule has 0 aliphatic carbocycles. The summed E-state index contributed by atoms with van der Waals surface area (Å²) in [5, 5.41) is 11.8. The van der Waals surface area contributed by atoms with Crippen LogP contribution in [0.25, 0.3) is 0 Å². The van der Waals surface area contributed by atoms with Gasteiger partial charge in [-0.1, -0.05) is 0 Å². The minimum absolute atomic E-state index is 0.0931. The second-order valence-corrected chi connectivity index (χ2v) is 5.47. The molecule has 1 fully saturated rings. The third-order valence-electron chi connectivity index (χ3n) is 3.80. The van der Waals surface area contributed by atoms with Crippen LogP contribution in [-0.2, 0) is 14.4 Å². The minimum atomic E-state index is -0.687. The molecule has 1 saturated heterocycles. The zero-order chi connectivity index (χ0) is 16.8. The van der Waals surface area contributed by atoms with Gasteiger partial charge in [0.2, 0.25) is 5.91 Å². The van der Waals surface area contributed by atoms with Crippen molar-refractivity contribution in [3.63, 3.8) is 0 Å². The lowest BCUT2D eigenvalue weighted by molar-refractivity contribution is -0.137. The number of rotatable bonds is 5. The molecule has 0 radical (unpaired) electrons. The lowest BCUT2D eigenvalue weighted by Gasteiger charge is -2.18. The van der Waals surface area contributed by atoms with Gasteiger partial charge in [0, 0.05) is 38.8 Å². The average molecular weight is 319 g/mol. The van der Waals surface area contributed by atoms with Gasteiger partial charge in [-0.05, 0) is 37.1 Å². The highest BCUT2D eigenvalue weighted by molar-refractivity contribution is 6.40. The van der Waals surface area contributed by atoms with E-state index in [9.17, 15) is 19.5 Å². The molecule has 0 atom stereocenters. The molecule has 0 bridgehead atoms. The molecule has 7 heteroatoms. The average Bonchev–Trinajstić information content (AvgIpc) is 2.96. The van der Waals surface area contributed by atoms with E-state index in [-0.39, 0.29) is 11.7 Å². The van der Waals surface area contributed by atoms with Gasteiger partial charge in [0.15, 0.2) is 0 Å². The second kappa shape index (κ2) is 7.62. The molecule has 1 aromatic carbocycles. The van der Waals surface area contributed by atoms with Crippen LogP contribution in [0.4, 0.5) is 5.69 Å². The Bertz CT molecular complexity index is 585. The van der Waals surface area contributed by atoms with Crippen LogP contribution in [0.5, 0.6) is 5.75 Å². The summed E-state index contributed by atoms with van der Waals surface area (Å²) in [6, 6.07) is 6.01. The largest absolute Gasteiger partial charge is 0.508 e. The number of likely N-dealkylation sites (tertiary alicyclic amines) is 1. The third-order valence-corrected chi connectivity index (χ3v) is 3.80. The Balaban J connectivity index is 1.75. The number of benzene rings is 1. The van der Waals surface area contributed by atoms with E-state index in [4.69, 9.17) is 0 Å². The lowest BCUT2D eigenvalue weighted by Crippen LogP contribution is -2.42. The number of likely N-dealkylation sites (N-methyl/N-ethyl adjacent to an activating group) is 1. The number of nitrogens with zero attached hydrogens (tertiary/aromatic N) is 2. The van der Waals surface area contributed by atoms with Gasteiger partial charge in [-0.3, -0.25) is 14.4 Å². The molecule has 2 N–H and O–H groups in total. The Hall–Kier alpha value is -2.57. The maximum absolute atomic E-state index is 12.0. The standard InChI is InChI=1S/C16H21N3O4/c1-18(12-5-7-13(20)8-6-12)16(23)15(22)17-9-3-11-19-10-2-4-14(19)21/h5-8,20H,2-4,9-11H2,1H3,(H,17,22). The van der Waals surface area contributed by atoms with Gasteiger partial charge in [0.25, 0.3) is 0 Å². The Morgan fingerprint density at radius 3 is 2.61 bits per heavy atom. The van der Waals surface area contributed by atoms with E-state index >= 15 is 0 Å². The number of hydrogen-bond donors (Lipinski definition) is 2. The maximum Gasteiger partial charge on any atom is 0.316 e. The normalized spacial score (nSPS) is 14.0. The molecule has 124 valence electrons. The van der Waals surface area contributed by atoms with Crippen molar-refractivity contribution < 1.29 is 19.5 Å². The van der Waals surface area contributed by atoms with Gasteiger partial charge in [-0.15, -0.1) is 0 Å².